The zero-order valence-electron chi connectivity index (χ0n) is 10.9. The molecule has 0 bridgehead atoms. The van der Waals surface area contributed by atoms with Crippen LogP contribution in [0.25, 0.3) is 0 Å². The SMILES string of the molecule is Cn1cc(C(=O)N2CCS(=O)(=O)CC2CC(=O)O)cn1. The summed E-state index contributed by atoms with van der Waals surface area (Å²) in [5.41, 5.74) is 0.321. The Morgan fingerprint density at radius 2 is 2.20 bits per heavy atom. The molecular formula is C11H15N3O5S. The number of hydrogen-bond donors (Lipinski definition) is 1. The zero-order chi connectivity index (χ0) is 14.9. The molecule has 0 aromatic carbocycles. The van der Waals surface area contributed by atoms with Crippen LogP contribution in [0, 0.1) is 0 Å². The van der Waals surface area contributed by atoms with E-state index in [1.54, 1.807) is 7.05 Å². The van der Waals surface area contributed by atoms with Crippen molar-refractivity contribution in [3.63, 3.8) is 0 Å². The number of hydrogen-bond acceptors (Lipinski definition) is 5. The van der Waals surface area contributed by atoms with Crippen LogP contribution >= 0.6 is 0 Å². The van der Waals surface area contributed by atoms with E-state index < -0.39 is 21.8 Å². The van der Waals surface area contributed by atoms with Crippen molar-refractivity contribution >= 4 is 21.7 Å². The molecule has 0 saturated carbocycles. The third kappa shape index (κ3) is 3.16. The van der Waals surface area contributed by atoms with Gasteiger partial charge in [0.25, 0.3) is 5.91 Å². The molecule has 1 unspecified atom stereocenters. The Morgan fingerprint density at radius 1 is 1.50 bits per heavy atom. The van der Waals surface area contributed by atoms with Crippen molar-refractivity contribution in [1.29, 1.82) is 0 Å². The maximum atomic E-state index is 12.3. The van der Waals surface area contributed by atoms with Crippen LogP contribution < -0.4 is 0 Å². The molecule has 9 heteroatoms. The van der Waals surface area contributed by atoms with Crippen LogP contribution in [0.2, 0.25) is 0 Å². The molecule has 20 heavy (non-hydrogen) atoms. The molecule has 1 atom stereocenters. The third-order valence-corrected chi connectivity index (χ3v) is 4.85. The first kappa shape index (κ1) is 14.5. The van der Waals surface area contributed by atoms with E-state index in [2.05, 4.69) is 5.10 Å². The summed E-state index contributed by atoms with van der Waals surface area (Å²) in [5, 5.41) is 12.7. The van der Waals surface area contributed by atoms with Gasteiger partial charge in [0.15, 0.2) is 9.84 Å². The fourth-order valence-corrected chi connectivity index (χ4v) is 3.75. The topological polar surface area (TPSA) is 110 Å². The van der Waals surface area contributed by atoms with E-state index in [9.17, 15) is 18.0 Å². The fourth-order valence-electron chi connectivity index (χ4n) is 2.22. The minimum absolute atomic E-state index is 0.00794. The summed E-state index contributed by atoms with van der Waals surface area (Å²) in [7, 11) is -1.64. The molecule has 1 saturated heterocycles. The second kappa shape index (κ2) is 5.23. The molecule has 1 aliphatic rings. The average molecular weight is 301 g/mol. The van der Waals surface area contributed by atoms with Gasteiger partial charge in [-0.05, 0) is 0 Å². The van der Waals surface area contributed by atoms with Crippen LogP contribution in [0.5, 0.6) is 0 Å². The summed E-state index contributed by atoms with van der Waals surface area (Å²) in [4.78, 5) is 24.5. The lowest BCUT2D eigenvalue weighted by molar-refractivity contribution is -0.138. The van der Waals surface area contributed by atoms with Crippen molar-refractivity contribution in [2.75, 3.05) is 18.1 Å². The van der Waals surface area contributed by atoms with Crippen LogP contribution in [-0.4, -0.2) is 64.2 Å². The van der Waals surface area contributed by atoms with E-state index in [4.69, 9.17) is 5.11 Å². The Labute approximate surface area is 115 Å². The van der Waals surface area contributed by atoms with Gasteiger partial charge in [-0.2, -0.15) is 5.10 Å². The van der Waals surface area contributed by atoms with Gasteiger partial charge in [-0.1, -0.05) is 0 Å². The van der Waals surface area contributed by atoms with Gasteiger partial charge in [-0.3, -0.25) is 14.3 Å². The summed E-state index contributed by atoms with van der Waals surface area (Å²) in [6, 6.07) is -0.834. The van der Waals surface area contributed by atoms with Crippen LogP contribution in [0.15, 0.2) is 12.4 Å². The Hall–Kier alpha value is -1.90. The molecule has 0 spiro atoms. The number of amides is 1. The smallest absolute Gasteiger partial charge is 0.305 e. The summed E-state index contributed by atoms with van der Waals surface area (Å²) in [6.45, 7) is 0.00794. The van der Waals surface area contributed by atoms with E-state index >= 15 is 0 Å². The van der Waals surface area contributed by atoms with Gasteiger partial charge in [0, 0.05) is 19.8 Å². The highest BCUT2D eigenvalue weighted by atomic mass is 32.2. The molecule has 0 radical (unpaired) electrons. The van der Waals surface area contributed by atoms with Crippen molar-refractivity contribution in [1.82, 2.24) is 14.7 Å². The summed E-state index contributed by atoms with van der Waals surface area (Å²) < 4.78 is 24.7. The van der Waals surface area contributed by atoms with Crippen LogP contribution in [0.4, 0.5) is 0 Å². The largest absolute Gasteiger partial charge is 0.481 e. The Bertz CT molecular complexity index is 636. The Balaban J connectivity index is 2.23. The van der Waals surface area contributed by atoms with Crippen LogP contribution in [0.1, 0.15) is 16.8 Å². The molecule has 1 aromatic heterocycles. The first-order valence-corrected chi connectivity index (χ1v) is 7.82. The van der Waals surface area contributed by atoms with E-state index in [-0.39, 0.29) is 30.4 Å². The highest BCUT2D eigenvalue weighted by molar-refractivity contribution is 7.91. The lowest BCUT2D eigenvalue weighted by Crippen LogP contribution is -2.51. The number of aromatic nitrogens is 2. The lowest BCUT2D eigenvalue weighted by Gasteiger charge is -2.34. The fraction of sp³-hybridized carbons (Fsp3) is 0.545. The van der Waals surface area contributed by atoms with Gasteiger partial charge in [0.05, 0.1) is 35.7 Å². The summed E-state index contributed by atoms with van der Waals surface area (Å²) in [6.07, 6.45) is 2.51. The Kier molecular flexibility index (Phi) is 3.80. The second-order valence-electron chi connectivity index (χ2n) is 4.77. The van der Waals surface area contributed by atoms with E-state index in [1.165, 1.54) is 22.0 Å². The Morgan fingerprint density at radius 3 is 2.75 bits per heavy atom. The van der Waals surface area contributed by atoms with Crippen molar-refractivity contribution < 1.29 is 23.1 Å². The summed E-state index contributed by atoms with van der Waals surface area (Å²) >= 11 is 0. The number of carbonyl (C=O) groups excluding carboxylic acids is 1. The minimum atomic E-state index is -3.30. The predicted octanol–water partition coefficient (Wildman–Crippen LogP) is -0.866. The number of aryl methyl sites for hydroxylation is 1. The molecule has 1 fully saturated rings. The van der Waals surface area contributed by atoms with Crippen molar-refractivity contribution in [3.05, 3.63) is 18.0 Å². The molecule has 0 aliphatic carbocycles. The van der Waals surface area contributed by atoms with Gasteiger partial charge < -0.3 is 10.0 Å². The maximum Gasteiger partial charge on any atom is 0.305 e. The minimum Gasteiger partial charge on any atom is -0.481 e. The number of carbonyl (C=O) groups is 2. The number of carboxylic acid groups (broad SMARTS) is 1. The first-order valence-electron chi connectivity index (χ1n) is 6.00. The normalized spacial score (nSPS) is 21.6. The monoisotopic (exact) mass is 301 g/mol. The number of aliphatic carboxylic acids is 1. The average Bonchev–Trinajstić information content (AvgIpc) is 2.73. The highest BCUT2D eigenvalue weighted by Crippen LogP contribution is 2.18. The number of rotatable bonds is 3. The molecule has 2 heterocycles. The van der Waals surface area contributed by atoms with Crippen LogP contribution in [0.3, 0.4) is 0 Å². The lowest BCUT2D eigenvalue weighted by atomic mass is 10.1. The first-order chi connectivity index (χ1) is 9.28. The van der Waals surface area contributed by atoms with E-state index in [0.29, 0.717) is 5.56 Å². The zero-order valence-corrected chi connectivity index (χ0v) is 11.7. The number of sulfone groups is 1. The maximum absolute atomic E-state index is 12.3. The molecule has 110 valence electrons. The van der Waals surface area contributed by atoms with Gasteiger partial charge in [-0.15, -0.1) is 0 Å². The van der Waals surface area contributed by atoms with Gasteiger partial charge in [-0.25, -0.2) is 8.42 Å². The van der Waals surface area contributed by atoms with Crippen molar-refractivity contribution in [2.24, 2.45) is 7.05 Å². The van der Waals surface area contributed by atoms with E-state index in [1.807, 2.05) is 0 Å². The van der Waals surface area contributed by atoms with Crippen molar-refractivity contribution in [3.8, 4) is 0 Å². The highest BCUT2D eigenvalue weighted by Gasteiger charge is 2.36. The van der Waals surface area contributed by atoms with Gasteiger partial charge >= 0.3 is 5.97 Å². The van der Waals surface area contributed by atoms with Crippen LogP contribution in [-0.2, 0) is 21.7 Å². The standard InChI is InChI=1S/C11H15N3O5S/c1-13-6-8(5-12-13)11(17)14-2-3-20(18,19)7-9(14)4-10(15)16/h5-6,9H,2-4,7H2,1H3,(H,15,16). The number of nitrogens with zero attached hydrogens (tertiary/aromatic N) is 3. The molecule has 1 amide bonds. The van der Waals surface area contributed by atoms with Crippen molar-refractivity contribution in [2.45, 2.75) is 12.5 Å². The predicted molar refractivity (Wildman–Crippen MR) is 68.9 cm³/mol. The number of carboxylic acids is 1. The molecule has 1 N–H and O–H groups in total. The third-order valence-electron chi connectivity index (χ3n) is 3.15. The van der Waals surface area contributed by atoms with Gasteiger partial charge in [0.2, 0.25) is 0 Å². The quantitative estimate of drug-likeness (QED) is 0.777. The molecule has 1 aliphatic heterocycles. The molecule has 8 nitrogen and oxygen atoms in total. The summed E-state index contributed by atoms with van der Waals surface area (Å²) in [5.74, 6) is -1.98. The molecule has 2 rings (SSSR count). The molecular weight excluding hydrogens is 286 g/mol. The van der Waals surface area contributed by atoms with E-state index in [0.717, 1.165) is 0 Å². The van der Waals surface area contributed by atoms with Gasteiger partial charge in [0.1, 0.15) is 0 Å². The second-order valence-corrected chi connectivity index (χ2v) is 7.00. The molecule has 1 aromatic rings.